The van der Waals surface area contributed by atoms with Gasteiger partial charge in [0.25, 0.3) is 0 Å². The summed E-state index contributed by atoms with van der Waals surface area (Å²) in [5, 5.41) is 2.84. The van der Waals surface area contributed by atoms with E-state index in [1.54, 1.807) is 6.08 Å². The molecule has 2 aromatic carbocycles. The summed E-state index contributed by atoms with van der Waals surface area (Å²) >= 11 is 0. The van der Waals surface area contributed by atoms with Crippen molar-refractivity contribution >= 4 is 17.7 Å². The van der Waals surface area contributed by atoms with E-state index in [9.17, 15) is 4.79 Å². The van der Waals surface area contributed by atoms with Crippen molar-refractivity contribution in [3.63, 3.8) is 0 Å². The van der Waals surface area contributed by atoms with Crippen LogP contribution in [0, 0.1) is 0 Å². The summed E-state index contributed by atoms with van der Waals surface area (Å²) in [6.45, 7) is 5.48. The molecule has 1 amide bonds. The molecule has 0 bridgehead atoms. The van der Waals surface area contributed by atoms with Crippen molar-refractivity contribution in [3.8, 4) is 11.5 Å². The number of benzene rings is 2. The van der Waals surface area contributed by atoms with Crippen LogP contribution in [0.15, 0.2) is 54.6 Å². The lowest BCUT2D eigenvalue weighted by molar-refractivity contribution is -0.111. The topological polar surface area (TPSA) is 47.6 Å². The Morgan fingerprint density at radius 1 is 0.923 bits per heavy atom. The quantitative estimate of drug-likeness (QED) is 0.465. The molecule has 0 fully saturated rings. The maximum atomic E-state index is 12.0. The van der Waals surface area contributed by atoms with E-state index in [2.05, 4.69) is 12.2 Å². The lowest BCUT2D eigenvalue weighted by Crippen LogP contribution is -2.07. The molecule has 0 aliphatic heterocycles. The first-order chi connectivity index (χ1) is 12.7. The second kappa shape index (κ2) is 11.0. The standard InChI is InChI=1S/C22H27NO3/c1-3-5-6-17-26-21-14-10-19(11-15-21)23-22(24)16-9-18-7-12-20(13-8-18)25-4-2/h7-16H,3-6,17H2,1-2H3,(H,23,24). The van der Waals surface area contributed by atoms with Crippen LogP contribution >= 0.6 is 0 Å². The van der Waals surface area contributed by atoms with Gasteiger partial charge in [-0.15, -0.1) is 0 Å². The number of carbonyl (C=O) groups excluding carboxylic acids is 1. The van der Waals surface area contributed by atoms with Gasteiger partial charge in [0, 0.05) is 11.8 Å². The van der Waals surface area contributed by atoms with Gasteiger partial charge in [0.15, 0.2) is 0 Å². The number of ether oxygens (including phenoxy) is 2. The highest BCUT2D eigenvalue weighted by molar-refractivity contribution is 6.01. The predicted octanol–water partition coefficient (Wildman–Crippen LogP) is 5.31. The maximum Gasteiger partial charge on any atom is 0.248 e. The molecule has 4 heteroatoms. The minimum absolute atomic E-state index is 0.171. The van der Waals surface area contributed by atoms with Crippen molar-refractivity contribution < 1.29 is 14.3 Å². The third-order valence-corrected chi connectivity index (χ3v) is 3.76. The van der Waals surface area contributed by atoms with Crippen molar-refractivity contribution in [3.05, 3.63) is 60.2 Å². The van der Waals surface area contributed by atoms with Crippen LogP contribution in [0.4, 0.5) is 5.69 Å². The average Bonchev–Trinajstić information content (AvgIpc) is 2.66. The average molecular weight is 353 g/mol. The van der Waals surface area contributed by atoms with Gasteiger partial charge >= 0.3 is 0 Å². The van der Waals surface area contributed by atoms with Crippen molar-refractivity contribution in [1.82, 2.24) is 0 Å². The van der Waals surface area contributed by atoms with Crippen LogP contribution in [0.5, 0.6) is 11.5 Å². The number of hydrogen-bond donors (Lipinski definition) is 1. The first-order valence-electron chi connectivity index (χ1n) is 9.16. The van der Waals surface area contributed by atoms with Gasteiger partial charge in [-0.25, -0.2) is 0 Å². The first kappa shape index (κ1) is 19.6. The first-order valence-corrected chi connectivity index (χ1v) is 9.16. The Bertz CT molecular complexity index is 690. The SMILES string of the molecule is CCCCCOc1ccc(NC(=O)C=Cc2ccc(OCC)cc2)cc1. The van der Waals surface area contributed by atoms with E-state index in [0.29, 0.717) is 6.61 Å². The summed E-state index contributed by atoms with van der Waals surface area (Å²) in [7, 11) is 0. The van der Waals surface area contributed by atoms with Crippen molar-refractivity contribution in [2.75, 3.05) is 18.5 Å². The lowest BCUT2D eigenvalue weighted by Gasteiger charge is -2.07. The highest BCUT2D eigenvalue weighted by Gasteiger charge is 2.00. The smallest absolute Gasteiger partial charge is 0.248 e. The summed E-state index contributed by atoms with van der Waals surface area (Å²) in [5.74, 6) is 1.48. The fraction of sp³-hybridized carbons (Fsp3) is 0.318. The van der Waals surface area contributed by atoms with E-state index >= 15 is 0 Å². The number of unbranched alkanes of at least 4 members (excludes halogenated alkanes) is 2. The van der Waals surface area contributed by atoms with Crippen LogP contribution in [0.25, 0.3) is 6.08 Å². The molecule has 0 atom stereocenters. The van der Waals surface area contributed by atoms with Crippen LogP contribution < -0.4 is 14.8 Å². The number of anilines is 1. The second-order valence-corrected chi connectivity index (χ2v) is 5.90. The molecule has 0 aliphatic carbocycles. The minimum atomic E-state index is -0.171. The molecule has 1 N–H and O–H groups in total. The van der Waals surface area contributed by atoms with Gasteiger partial charge in [-0.3, -0.25) is 4.79 Å². The summed E-state index contributed by atoms with van der Waals surface area (Å²) in [6.07, 6.45) is 6.71. The molecule has 2 aromatic rings. The van der Waals surface area contributed by atoms with Crippen LogP contribution in [-0.4, -0.2) is 19.1 Å². The fourth-order valence-electron chi connectivity index (χ4n) is 2.37. The van der Waals surface area contributed by atoms with Crippen LogP contribution in [0.1, 0.15) is 38.7 Å². The Hall–Kier alpha value is -2.75. The van der Waals surface area contributed by atoms with E-state index in [1.165, 1.54) is 18.9 Å². The molecular weight excluding hydrogens is 326 g/mol. The van der Waals surface area contributed by atoms with Gasteiger partial charge in [-0.2, -0.15) is 0 Å². The zero-order valence-corrected chi connectivity index (χ0v) is 15.5. The van der Waals surface area contributed by atoms with E-state index in [0.717, 1.165) is 35.8 Å². The molecule has 0 saturated heterocycles. The van der Waals surface area contributed by atoms with E-state index in [1.807, 2.05) is 55.5 Å². The Morgan fingerprint density at radius 3 is 2.23 bits per heavy atom. The van der Waals surface area contributed by atoms with E-state index in [4.69, 9.17) is 9.47 Å². The van der Waals surface area contributed by atoms with Gasteiger partial charge in [-0.05, 0) is 61.4 Å². The molecule has 0 aliphatic rings. The number of rotatable bonds is 10. The zero-order chi connectivity index (χ0) is 18.6. The molecule has 0 unspecified atom stereocenters. The van der Waals surface area contributed by atoms with Gasteiger partial charge in [-0.1, -0.05) is 31.9 Å². The van der Waals surface area contributed by atoms with Gasteiger partial charge in [0.2, 0.25) is 5.91 Å². The Balaban J connectivity index is 1.81. The lowest BCUT2D eigenvalue weighted by atomic mass is 10.2. The van der Waals surface area contributed by atoms with Crippen molar-refractivity contribution in [2.24, 2.45) is 0 Å². The predicted molar refractivity (Wildman–Crippen MR) is 107 cm³/mol. The number of amides is 1. The molecule has 0 radical (unpaired) electrons. The maximum absolute atomic E-state index is 12.0. The van der Waals surface area contributed by atoms with E-state index in [-0.39, 0.29) is 5.91 Å². The van der Waals surface area contributed by atoms with Crippen LogP contribution in [-0.2, 0) is 4.79 Å². The molecular formula is C22H27NO3. The Labute approximate surface area is 155 Å². The molecule has 0 heterocycles. The van der Waals surface area contributed by atoms with Gasteiger partial charge in [0.05, 0.1) is 13.2 Å². The monoisotopic (exact) mass is 353 g/mol. The number of nitrogens with one attached hydrogen (secondary N) is 1. The third kappa shape index (κ3) is 7.01. The van der Waals surface area contributed by atoms with Gasteiger partial charge < -0.3 is 14.8 Å². The molecule has 138 valence electrons. The largest absolute Gasteiger partial charge is 0.494 e. The second-order valence-electron chi connectivity index (χ2n) is 5.90. The third-order valence-electron chi connectivity index (χ3n) is 3.76. The number of hydrogen-bond acceptors (Lipinski definition) is 3. The molecule has 0 spiro atoms. The van der Waals surface area contributed by atoms with E-state index < -0.39 is 0 Å². The van der Waals surface area contributed by atoms with Crippen LogP contribution in [0.2, 0.25) is 0 Å². The Kier molecular flexibility index (Phi) is 8.27. The van der Waals surface area contributed by atoms with Crippen LogP contribution in [0.3, 0.4) is 0 Å². The normalized spacial score (nSPS) is 10.7. The molecule has 0 saturated carbocycles. The minimum Gasteiger partial charge on any atom is -0.494 e. The highest BCUT2D eigenvalue weighted by Crippen LogP contribution is 2.17. The Morgan fingerprint density at radius 2 is 1.58 bits per heavy atom. The van der Waals surface area contributed by atoms with Gasteiger partial charge in [0.1, 0.15) is 11.5 Å². The fourth-order valence-corrected chi connectivity index (χ4v) is 2.37. The van der Waals surface area contributed by atoms with Crippen molar-refractivity contribution in [1.29, 1.82) is 0 Å². The molecule has 26 heavy (non-hydrogen) atoms. The summed E-state index contributed by atoms with van der Waals surface area (Å²) in [4.78, 5) is 12.0. The highest BCUT2D eigenvalue weighted by atomic mass is 16.5. The molecule has 2 rings (SSSR count). The zero-order valence-electron chi connectivity index (χ0n) is 15.5. The number of carbonyl (C=O) groups is 1. The summed E-state index contributed by atoms with van der Waals surface area (Å²) in [5.41, 5.74) is 1.69. The summed E-state index contributed by atoms with van der Waals surface area (Å²) in [6, 6.07) is 15.0. The molecule has 4 nitrogen and oxygen atoms in total. The molecule has 0 aromatic heterocycles. The van der Waals surface area contributed by atoms with Crippen molar-refractivity contribution in [2.45, 2.75) is 33.1 Å². The summed E-state index contributed by atoms with van der Waals surface area (Å²) < 4.78 is 11.1.